The predicted octanol–water partition coefficient (Wildman–Crippen LogP) is 2.50. The van der Waals surface area contributed by atoms with Crippen LogP contribution in [0.2, 0.25) is 0 Å². The van der Waals surface area contributed by atoms with Gasteiger partial charge in [-0.25, -0.2) is 0 Å². The van der Waals surface area contributed by atoms with Crippen LogP contribution < -0.4 is 10.6 Å². The molecule has 0 aromatic heterocycles. The number of nitrogens with one attached hydrogen (secondary N) is 2. The largest absolute Gasteiger partial charge is 0.352 e. The molecule has 1 aliphatic heterocycles. The summed E-state index contributed by atoms with van der Waals surface area (Å²) in [6, 6.07) is 6.14. The Morgan fingerprint density at radius 3 is 2.71 bits per heavy atom. The monoisotopic (exact) mass is 284 g/mol. The molecule has 21 heavy (non-hydrogen) atoms. The van der Waals surface area contributed by atoms with Gasteiger partial charge in [0.2, 0.25) is 0 Å². The number of fused-ring (bicyclic) bond motifs is 1. The molecular formula is C18H24N2O. The highest BCUT2D eigenvalue weighted by Crippen LogP contribution is 2.48. The minimum atomic E-state index is 0.139. The van der Waals surface area contributed by atoms with Gasteiger partial charge in [0.1, 0.15) is 0 Å². The highest BCUT2D eigenvalue weighted by Gasteiger charge is 2.41. The second-order valence-corrected chi connectivity index (χ2v) is 6.92. The molecule has 0 saturated heterocycles. The molecule has 4 rings (SSSR count). The summed E-state index contributed by atoms with van der Waals surface area (Å²) in [6.45, 7) is 2.75. The van der Waals surface area contributed by atoms with Gasteiger partial charge in [0.15, 0.2) is 0 Å². The van der Waals surface area contributed by atoms with Gasteiger partial charge in [-0.15, -0.1) is 0 Å². The minimum Gasteiger partial charge on any atom is -0.352 e. The van der Waals surface area contributed by atoms with Crippen molar-refractivity contribution in [3.05, 3.63) is 34.9 Å². The second-order valence-electron chi connectivity index (χ2n) is 6.92. The van der Waals surface area contributed by atoms with E-state index in [9.17, 15) is 4.79 Å². The highest BCUT2D eigenvalue weighted by atomic mass is 16.1. The van der Waals surface area contributed by atoms with Crippen molar-refractivity contribution in [3.63, 3.8) is 0 Å². The van der Waals surface area contributed by atoms with Crippen molar-refractivity contribution in [1.82, 2.24) is 10.6 Å². The summed E-state index contributed by atoms with van der Waals surface area (Å²) in [5.74, 6) is 2.67. The fourth-order valence-electron chi connectivity index (χ4n) is 3.82. The zero-order valence-electron chi connectivity index (χ0n) is 12.5. The first kappa shape index (κ1) is 13.3. The Balaban J connectivity index is 1.45. The molecule has 0 atom stereocenters. The summed E-state index contributed by atoms with van der Waals surface area (Å²) in [5.41, 5.74) is 3.44. The number of rotatable bonds is 5. The van der Waals surface area contributed by atoms with E-state index >= 15 is 0 Å². The fraction of sp³-hybridized carbons (Fsp3) is 0.611. The third-order valence-electron chi connectivity index (χ3n) is 5.34. The Morgan fingerprint density at radius 1 is 1.24 bits per heavy atom. The Morgan fingerprint density at radius 2 is 2.00 bits per heavy atom. The van der Waals surface area contributed by atoms with Gasteiger partial charge in [0, 0.05) is 18.7 Å². The van der Waals surface area contributed by atoms with E-state index in [1.165, 1.54) is 36.8 Å². The van der Waals surface area contributed by atoms with Crippen molar-refractivity contribution in [2.75, 3.05) is 13.1 Å². The SMILES string of the molecule is O=C(NCC(C1CC1)C1CC1)c1cccc2c1CCNC2. The van der Waals surface area contributed by atoms with Crippen LogP contribution in [0.3, 0.4) is 0 Å². The highest BCUT2D eigenvalue weighted by molar-refractivity contribution is 5.96. The van der Waals surface area contributed by atoms with Gasteiger partial charge >= 0.3 is 0 Å². The molecule has 2 fully saturated rings. The standard InChI is InChI=1S/C18H24N2O/c21-18(20-11-17(12-4-5-12)13-6-7-13)16-3-1-2-14-10-19-9-8-15(14)16/h1-3,12-13,17,19H,4-11H2,(H,20,21). The van der Waals surface area contributed by atoms with Crippen LogP contribution in [0.25, 0.3) is 0 Å². The van der Waals surface area contributed by atoms with Crippen LogP contribution in [0.5, 0.6) is 0 Å². The first-order valence-electron chi connectivity index (χ1n) is 8.42. The van der Waals surface area contributed by atoms with Crippen LogP contribution in [0.4, 0.5) is 0 Å². The van der Waals surface area contributed by atoms with Crippen LogP contribution in [0, 0.1) is 17.8 Å². The van der Waals surface area contributed by atoms with Crippen molar-refractivity contribution in [2.45, 2.75) is 38.6 Å². The lowest BCUT2D eigenvalue weighted by Gasteiger charge is -2.21. The quantitative estimate of drug-likeness (QED) is 0.872. The van der Waals surface area contributed by atoms with Gasteiger partial charge < -0.3 is 10.6 Å². The van der Waals surface area contributed by atoms with Crippen molar-refractivity contribution >= 4 is 5.91 Å². The molecule has 2 saturated carbocycles. The summed E-state index contributed by atoms with van der Waals surface area (Å²) >= 11 is 0. The van der Waals surface area contributed by atoms with Gasteiger partial charge in [0.25, 0.3) is 5.91 Å². The number of benzene rings is 1. The van der Waals surface area contributed by atoms with E-state index in [0.717, 1.165) is 49.4 Å². The summed E-state index contributed by atoms with van der Waals surface area (Å²) in [5, 5.41) is 6.60. The normalized spacial score (nSPS) is 21.2. The van der Waals surface area contributed by atoms with E-state index in [1.807, 2.05) is 12.1 Å². The fourth-order valence-corrected chi connectivity index (χ4v) is 3.82. The number of carbonyl (C=O) groups excluding carboxylic acids is 1. The zero-order chi connectivity index (χ0) is 14.2. The van der Waals surface area contributed by atoms with Gasteiger partial charge in [-0.05, 0) is 73.6 Å². The second kappa shape index (κ2) is 5.45. The molecule has 0 unspecified atom stereocenters. The maximum atomic E-state index is 12.6. The van der Waals surface area contributed by atoms with Crippen molar-refractivity contribution in [2.24, 2.45) is 17.8 Å². The van der Waals surface area contributed by atoms with Crippen molar-refractivity contribution in [1.29, 1.82) is 0 Å². The molecular weight excluding hydrogens is 260 g/mol. The van der Waals surface area contributed by atoms with Crippen LogP contribution in [0.1, 0.15) is 47.2 Å². The molecule has 1 amide bonds. The summed E-state index contributed by atoms with van der Waals surface area (Å²) in [7, 11) is 0. The first-order chi connectivity index (χ1) is 10.3. The average Bonchev–Trinajstić information content (AvgIpc) is 3.39. The molecule has 0 radical (unpaired) electrons. The lowest BCUT2D eigenvalue weighted by Crippen LogP contribution is -2.33. The third-order valence-corrected chi connectivity index (χ3v) is 5.34. The summed E-state index contributed by atoms with van der Waals surface area (Å²) in [6.07, 6.45) is 6.48. The molecule has 0 spiro atoms. The molecule has 0 bridgehead atoms. The number of carbonyl (C=O) groups is 1. The molecule has 1 aromatic carbocycles. The van der Waals surface area contributed by atoms with Crippen LogP contribution in [0.15, 0.2) is 18.2 Å². The van der Waals surface area contributed by atoms with Crippen LogP contribution >= 0.6 is 0 Å². The van der Waals surface area contributed by atoms with Crippen molar-refractivity contribution in [3.8, 4) is 0 Å². The van der Waals surface area contributed by atoms with Gasteiger partial charge in [-0.2, -0.15) is 0 Å². The maximum Gasteiger partial charge on any atom is 0.251 e. The van der Waals surface area contributed by atoms with Gasteiger partial charge in [0.05, 0.1) is 0 Å². The van der Waals surface area contributed by atoms with Crippen LogP contribution in [-0.2, 0) is 13.0 Å². The topological polar surface area (TPSA) is 41.1 Å². The maximum absolute atomic E-state index is 12.6. The Kier molecular flexibility index (Phi) is 3.46. The van der Waals surface area contributed by atoms with E-state index < -0.39 is 0 Å². The third kappa shape index (κ3) is 2.84. The summed E-state index contributed by atoms with van der Waals surface area (Å²) < 4.78 is 0. The zero-order valence-corrected chi connectivity index (χ0v) is 12.5. The van der Waals surface area contributed by atoms with Gasteiger partial charge in [-0.3, -0.25) is 4.79 Å². The molecule has 112 valence electrons. The minimum absolute atomic E-state index is 0.139. The van der Waals surface area contributed by atoms with E-state index in [0.29, 0.717) is 0 Å². The van der Waals surface area contributed by atoms with E-state index in [2.05, 4.69) is 16.7 Å². The smallest absolute Gasteiger partial charge is 0.251 e. The summed E-state index contributed by atoms with van der Waals surface area (Å²) in [4.78, 5) is 12.6. The van der Waals surface area contributed by atoms with E-state index in [4.69, 9.17) is 0 Å². The number of hydrogen-bond donors (Lipinski definition) is 2. The van der Waals surface area contributed by atoms with E-state index in [1.54, 1.807) is 0 Å². The molecule has 1 aromatic rings. The Hall–Kier alpha value is -1.35. The number of hydrogen-bond acceptors (Lipinski definition) is 2. The first-order valence-corrected chi connectivity index (χ1v) is 8.42. The molecule has 1 heterocycles. The average molecular weight is 284 g/mol. The number of amides is 1. The lowest BCUT2D eigenvalue weighted by molar-refractivity contribution is 0.0942. The Labute approximate surface area is 126 Å². The van der Waals surface area contributed by atoms with Crippen molar-refractivity contribution < 1.29 is 4.79 Å². The molecule has 3 heteroatoms. The predicted molar refractivity (Wildman–Crippen MR) is 83.1 cm³/mol. The Bertz CT molecular complexity index is 534. The lowest BCUT2D eigenvalue weighted by atomic mass is 9.94. The van der Waals surface area contributed by atoms with Gasteiger partial charge in [-0.1, -0.05) is 12.1 Å². The molecule has 2 N–H and O–H groups in total. The molecule has 3 nitrogen and oxygen atoms in total. The van der Waals surface area contributed by atoms with Crippen LogP contribution in [-0.4, -0.2) is 19.0 Å². The van der Waals surface area contributed by atoms with E-state index in [-0.39, 0.29) is 5.91 Å². The molecule has 3 aliphatic rings. The molecule has 2 aliphatic carbocycles.